The van der Waals surface area contributed by atoms with Crippen molar-refractivity contribution in [2.24, 2.45) is 0 Å². The van der Waals surface area contributed by atoms with Crippen molar-refractivity contribution in [1.29, 1.82) is 0 Å². The minimum absolute atomic E-state index is 0.114. The quantitative estimate of drug-likeness (QED) is 0.378. The molecule has 0 rings (SSSR count). The molecule has 0 aliphatic carbocycles. The van der Waals surface area contributed by atoms with Crippen molar-refractivity contribution in [3.05, 3.63) is 11.8 Å². The molecule has 0 spiro atoms. The molecule has 0 radical (unpaired) electrons. The summed E-state index contributed by atoms with van der Waals surface area (Å²) < 4.78 is 19.0. The standard InChI is InChI=1S/C7H11O4P/c1-3-5-6(10-4-2)7(8)11-12-9/h5H,3-4H2,1-2H3. The van der Waals surface area contributed by atoms with Crippen LogP contribution in [0.3, 0.4) is 0 Å². The summed E-state index contributed by atoms with van der Waals surface area (Å²) in [5.74, 6) is -0.585. The molecule has 0 aliphatic heterocycles. The molecule has 0 atom stereocenters. The number of rotatable bonds is 5. The van der Waals surface area contributed by atoms with Crippen molar-refractivity contribution < 1.29 is 18.6 Å². The van der Waals surface area contributed by atoms with Gasteiger partial charge in [0.15, 0.2) is 0 Å². The molecule has 0 saturated heterocycles. The molecule has 0 aromatic carbocycles. The monoisotopic (exact) mass is 190 g/mol. The number of hydrogen-bond donors (Lipinski definition) is 0. The highest BCUT2D eigenvalue weighted by atomic mass is 31.1. The van der Waals surface area contributed by atoms with Gasteiger partial charge in [0.2, 0.25) is 5.76 Å². The lowest BCUT2D eigenvalue weighted by atomic mass is 10.4. The summed E-state index contributed by atoms with van der Waals surface area (Å²) in [4.78, 5) is 10.9. The van der Waals surface area contributed by atoms with E-state index >= 15 is 0 Å². The van der Waals surface area contributed by atoms with E-state index in [4.69, 9.17) is 4.74 Å². The molecular weight excluding hydrogens is 179 g/mol. The number of carbonyl (C=O) groups excluding carboxylic acids is 1. The Bertz CT molecular complexity index is 188. The van der Waals surface area contributed by atoms with Gasteiger partial charge in [0.25, 0.3) is 0 Å². The van der Waals surface area contributed by atoms with Crippen molar-refractivity contribution in [1.82, 2.24) is 0 Å². The Kier molecular flexibility index (Phi) is 6.29. The Morgan fingerprint density at radius 1 is 1.50 bits per heavy atom. The third-order valence-corrected chi connectivity index (χ3v) is 1.25. The number of hydrogen-bond acceptors (Lipinski definition) is 4. The molecule has 0 N–H and O–H groups in total. The molecule has 0 unspecified atom stereocenters. The summed E-state index contributed by atoms with van der Waals surface area (Å²) in [5, 5.41) is 0. The summed E-state index contributed by atoms with van der Waals surface area (Å²) in [7, 11) is -0.656. The average molecular weight is 190 g/mol. The number of carbonyl (C=O) groups is 1. The zero-order valence-electron chi connectivity index (χ0n) is 7.07. The smallest absolute Gasteiger partial charge is 0.398 e. The second kappa shape index (κ2) is 6.80. The van der Waals surface area contributed by atoms with Crippen LogP contribution in [0.5, 0.6) is 0 Å². The normalized spacial score (nSPS) is 11.3. The summed E-state index contributed by atoms with van der Waals surface area (Å²) in [6.45, 7) is 4.00. The van der Waals surface area contributed by atoms with Gasteiger partial charge < -0.3 is 9.26 Å². The van der Waals surface area contributed by atoms with Crippen LogP contribution in [0.25, 0.3) is 0 Å². The first kappa shape index (κ1) is 11.1. The lowest BCUT2D eigenvalue weighted by Gasteiger charge is -2.03. The van der Waals surface area contributed by atoms with Crippen molar-refractivity contribution in [2.45, 2.75) is 20.3 Å². The molecule has 0 fully saturated rings. The Morgan fingerprint density at radius 3 is 2.58 bits per heavy atom. The van der Waals surface area contributed by atoms with Gasteiger partial charge in [-0.05, 0) is 19.4 Å². The molecule has 5 heteroatoms. The Hall–Kier alpha value is -0.890. The lowest BCUT2D eigenvalue weighted by molar-refractivity contribution is -0.133. The second-order valence-corrected chi connectivity index (χ2v) is 2.19. The molecule has 4 nitrogen and oxygen atoms in total. The molecule has 0 amide bonds. The van der Waals surface area contributed by atoms with E-state index in [1.807, 2.05) is 6.92 Å². The van der Waals surface area contributed by atoms with Crippen LogP contribution in [-0.4, -0.2) is 12.6 Å². The maximum atomic E-state index is 10.9. The van der Waals surface area contributed by atoms with Gasteiger partial charge in [0.1, 0.15) is 0 Å². The minimum atomic E-state index is -0.699. The second-order valence-electron chi connectivity index (χ2n) is 1.86. The van der Waals surface area contributed by atoms with E-state index in [2.05, 4.69) is 4.52 Å². The van der Waals surface area contributed by atoms with Crippen molar-refractivity contribution in [2.75, 3.05) is 6.61 Å². The van der Waals surface area contributed by atoms with Gasteiger partial charge in [0, 0.05) is 0 Å². The minimum Gasteiger partial charge on any atom is -0.487 e. The van der Waals surface area contributed by atoms with E-state index in [0.717, 1.165) is 0 Å². The highest BCUT2D eigenvalue weighted by molar-refractivity contribution is 7.18. The van der Waals surface area contributed by atoms with E-state index in [0.29, 0.717) is 13.0 Å². The van der Waals surface area contributed by atoms with E-state index < -0.39 is 14.7 Å². The van der Waals surface area contributed by atoms with Gasteiger partial charge in [-0.2, -0.15) is 0 Å². The first-order chi connectivity index (χ1) is 5.76. The summed E-state index contributed by atoms with van der Waals surface area (Å²) in [6, 6.07) is 0. The van der Waals surface area contributed by atoms with Crippen molar-refractivity contribution in [3.63, 3.8) is 0 Å². The van der Waals surface area contributed by atoms with Gasteiger partial charge in [-0.1, -0.05) is 6.92 Å². The highest BCUT2D eigenvalue weighted by Crippen LogP contribution is 2.06. The van der Waals surface area contributed by atoms with Gasteiger partial charge in [-0.15, -0.1) is 0 Å². The first-order valence-electron chi connectivity index (χ1n) is 3.63. The lowest BCUT2D eigenvalue weighted by Crippen LogP contribution is -2.05. The predicted octanol–water partition coefficient (Wildman–Crippen LogP) is 2.07. The fourth-order valence-electron chi connectivity index (χ4n) is 0.621. The van der Waals surface area contributed by atoms with E-state index in [9.17, 15) is 9.36 Å². The van der Waals surface area contributed by atoms with Crippen LogP contribution in [0, 0.1) is 0 Å². The molecule has 12 heavy (non-hydrogen) atoms. The average Bonchev–Trinajstić information content (AvgIpc) is 2.04. The maximum absolute atomic E-state index is 10.9. The SMILES string of the molecule is CCC=C(OCC)C(=O)OP=O. The van der Waals surface area contributed by atoms with Crippen LogP contribution >= 0.6 is 8.69 Å². The van der Waals surface area contributed by atoms with Gasteiger partial charge in [-0.3, -0.25) is 0 Å². The van der Waals surface area contributed by atoms with Gasteiger partial charge in [0.05, 0.1) is 6.61 Å². The topological polar surface area (TPSA) is 52.6 Å². The van der Waals surface area contributed by atoms with Crippen molar-refractivity contribution >= 4 is 14.7 Å². The molecule has 0 aliphatic rings. The van der Waals surface area contributed by atoms with Crippen molar-refractivity contribution in [3.8, 4) is 0 Å². The number of ether oxygens (including phenoxy) is 1. The van der Waals surface area contributed by atoms with Crippen LogP contribution in [0.4, 0.5) is 0 Å². The summed E-state index contributed by atoms with van der Waals surface area (Å²) in [6.07, 6.45) is 2.25. The molecule has 0 aromatic rings. The Labute approximate surface area is 72.8 Å². The zero-order chi connectivity index (χ0) is 9.40. The van der Waals surface area contributed by atoms with Crippen LogP contribution in [-0.2, 0) is 18.6 Å². The molecular formula is C7H11O4P. The zero-order valence-corrected chi connectivity index (χ0v) is 7.97. The van der Waals surface area contributed by atoms with Crippen LogP contribution in [0.2, 0.25) is 0 Å². The highest BCUT2D eigenvalue weighted by Gasteiger charge is 2.10. The maximum Gasteiger partial charge on any atom is 0.398 e. The summed E-state index contributed by atoms with van der Waals surface area (Å²) >= 11 is 0. The molecule has 68 valence electrons. The van der Waals surface area contributed by atoms with E-state index in [1.54, 1.807) is 13.0 Å². The summed E-state index contributed by atoms with van der Waals surface area (Å²) in [5.41, 5.74) is 0. The largest absolute Gasteiger partial charge is 0.487 e. The van der Waals surface area contributed by atoms with Crippen LogP contribution in [0.1, 0.15) is 20.3 Å². The molecule has 0 saturated carbocycles. The molecule has 0 heterocycles. The fourth-order valence-corrected chi connectivity index (χ4v) is 0.779. The molecule has 0 bridgehead atoms. The third kappa shape index (κ3) is 4.09. The van der Waals surface area contributed by atoms with Crippen LogP contribution in [0.15, 0.2) is 11.8 Å². The van der Waals surface area contributed by atoms with E-state index in [1.165, 1.54) is 0 Å². The van der Waals surface area contributed by atoms with Crippen LogP contribution < -0.4 is 0 Å². The Morgan fingerprint density at radius 2 is 2.17 bits per heavy atom. The third-order valence-electron chi connectivity index (χ3n) is 1.01. The molecule has 0 aromatic heterocycles. The Balaban J connectivity index is 4.18. The van der Waals surface area contributed by atoms with Gasteiger partial charge in [-0.25, -0.2) is 9.36 Å². The number of allylic oxidation sites excluding steroid dienone is 1. The van der Waals surface area contributed by atoms with E-state index in [-0.39, 0.29) is 5.76 Å². The first-order valence-corrected chi connectivity index (χ1v) is 4.36. The predicted molar refractivity (Wildman–Crippen MR) is 43.7 cm³/mol. The fraction of sp³-hybridized carbons (Fsp3) is 0.571. The van der Waals surface area contributed by atoms with Gasteiger partial charge >= 0.3 is 14.7 Å².